The highest BCUT2D eigenvalue weighted by atomic mass is 35.5. The number of benzene rings is 2. The molecule has 120 valence electrons. The minimum Gasteiger partial charge on any atom is -0.497 e. The van der Waals surface area contributed by atoms with E-state index in [1.54, 1.807) is 62.8 Å². The minimum atomic E-state index is -3.21. The van der Waals surface area contributed by atoms with Crippen LogP contribution in [0.3, 0.4) is 0 Å². The Kier molecular flexibility index (Phi) is 6.71. The molecule has 22 heavy (non-hydrogen) atoms. The van der Waals surface area contributed by atoms with Gasteiger partial charge in [0.1, 0.15) is 11.5 Å². The zero-order valence-corrected chi connectivity index (χ0v) is 14.1. The normalized spacial score (nSPS) is 10.6. The Morgan fingerprint density at radius 3 is 1.32 bits per heavy atom. The number of rotatable bonds is 6. The van der Waals surface area contributed by atoms with Crippen molar-refractivity contribution in [3.05, 3.63) is 59.7 Å². The lowest BCUT2D eigenvalue weighted by Gasteiger charge is -2.07. The summed E-state index contributed by atoms with van der Waals surface area (Å²) in [4.78, 5) is 0. The molecular weight excluding hydrogens is 324 g/mol. The van der Waals surface area contributed by atoms with E-state index in [1.165, 1.54) is 0 Å². The molecular formula is C16H19ClO4S. The van der Waals surface area contributed by atoms with Crippen LogP contribution < -0.4 is 9.47 Å². The second-order valence-electron chi connectivity index (χ2n) is 4.73. The van der Waals surface area contributed by atoms with Gasteiger partial charge in [-0.25, -0.2) is 8.42 Å². The third-order valence-corrected chi connectivity index (χ3v) is 4.64. The molecule has 0 fully saturated rings. The van der Waals surface area contributed by atoms with Gasteiger partial charge in [0.15, 0.2) is 9.84 Å². The van der Waals surface area contributed by atoms with Crippen molar-refractivity contribution in [3.63, 3.8) is 0 Å². The molecule has 6 heteroatoms. The van der Waals surface area contributed by atoms with Crippen molar-refractivity contribution >= 4 is 22.2 Å². The summed E-state index contributed by atoms with van der Waals surface area (Å²) >= 11 is 0. The number of halogens is 1. The predicted molar refractivity (Wildman–Crippen MR) is 89.6 cm³/mol. The number of hydrogen-bond donors (Lipinski definition) is 0. The van der Waals surface area contributed by atoms with Crippen molar-refractivity contribution in [2.75, 3.05) is 14.2 Å². The third kappa shape index (κ3) is 5.24. The molecule has 0 aliphatic carbocycles. The molecule has 0 aromatic heterocycles. The zero-order valence-electron chi connectivity index (χ0n) is 12.5. The molecule has 2 aromatic rings. The van der Waals surface area contributed by atoms with Crippen molar-refractivity contribution in [3.8, 4) is 11.5 Å². The lowest BCUT2D eigenvalue weighted by atomic mass is 10.2. The van der Waals surface area contributed by atoms with E-state index in [2.05, 4.69) is 0 Å². The molecule has 0 heterocycles. The molecule has 0 unspecified atom stereocenters. The van der Waals surface area contributed by atoms with Crippen LogP contribution in [-0.4, -0.2) is 22.6 Å². The Labute approximate surface area is 137 Å². The van der Waals surface area contributed by atoms with Gasteiger partial charge in [-0.05, 0) is 35.4 Å². The standard InChI is InChI=1S/C16H18O4S.ClH/c1-19-15-7-3-13(4-8-15)11-21(17,18)12-14-5-9-16(20-2)10-6-14;/h3-10H,11-12H2,1-2H3;1H. The molecule has 4 nitrogen and oxygen atoms in total. The number of sulfone groups is 1. The quantitative estimate of drug-likeness (QED) is 0.808. The summed E-state index contributed by atoms with van der Waals surface area (Å²) in [5, 5.41) is 0. The molecule has 0 aliphatic rings. The first-order valence-electron chi connectivity index (χ1n) is 6.49. The molecule has 2 aromatic carbocycles. The smallest absolute Gasteiger partial charge is 0.158 e. The van der Waals surface area contributed by atoms with Crippen LogP contribution in [-0.2, 0) is 21.3 Å². The van der Waals surface area contributed by atoms with Crippen molar-refractivity contribution in [1.82, 2.24) is 0 Å². The SMILES string of the molecule is COc1ccc(CS(=O)(=O)Cc2ccc(OC)cc2)cc1.Cl. The van der Waals surface area contributed by atoms with Crippen LogP contribution in [0.15, 0.2) is 48.5 Å². The topological polar surface area (TPSA) is 52.6 Å². The van der Waals surface area contributed by atoms with Gasteiger partial charge >= 0.3 is 0 Å². The van der Waals surface area contributed by atoms with Gasteiger partial charge in [-0.2, -0.15) is 0 Å². The predicted octanol–water partition coefficient (Wildman–Crippen LogP) is 3.24. The third-order valence-electron chi connectivity index (χ3n) is 3.09. The lowest BCUT2D eigenvalue weighted by Crippen LogP contribution is -2.07. The highest BCUT2D eigenvalue weighted by Gasteiger charge is 2.13. The minimum absolute atomic E-state index is 0. The summed E-state index contributed by atoms with van der Waals surface area (Å²) in [7, 11) is -0.0509. The molecule has 0 radical (unpaired) electrons. The fraction of sp³-hybridized carbons (Fsp3) is 0.250. The van der Waals surface area contributed by atoms with Crippen LogP contribution in [0.5, 0.6) is 11.5 Å². The van der Waals surface area contributed by atoms with Crippen LogP contribution in [0.1, 0.15) is 11.1 Å². The van der Waals surface area contributed by atoms with Crippen molar-refractivity contribution in [2.24, 2.45) is 0 Å². The fourth-order valence-electron chi connectivity index (χ4n) is 2.00. The first kappa shape index (κ1) is 18.3. The van der Waals surface area contributed by atoms with Gasteiger partial charge in [0.25, 0.3) is 0 Å². The van der Waals surface area contributed by atoms with E-state index in [4.69, 9.17) is 9.47 Å². The lowest BCUT2D eigenvalue weighted by molar-refractivity contribution is 0.414. The van der Waals surface area contributed by atoms with E-state index in [1.807, 2.05) is 0 Å². The van der Waals surface area contributed by atoms with Gasteiger partial charge in [-0.3, -0.25) is 0 Å². The molecule has 0 bridgehead atoms. The summed E-state index contributed by atoms with van der Waals surface area (Å²) in [5.74, 6) is 1.46. The Morgan fingerprint density at radius 2 is 1.05 bits per heavy atom. The van der Waals surface area contributed by atoms with Crippen molar-refractivity contribution in [2.45, 2.75) is 11.5 Å². The molecule has 0 saturated heterocycles. The summed E-state index contributed by atoms with van der Waals surface area (Å²) in [6.45, 7) is 0. The summed E-state index contributed by atoms with van der Waals surface area (Å²) in [6, 6.07) is 14.1. The van der Waals surface area contributed by atoms with E-state index in [9.17, 15) is 8.42 Å². The van der Waals surface area contributed by atoms with Crippen LogP contribution in [0.25, 0.3) is 0 Å². The Morgan fingerprint density at radius 1 is 0.727 bits per heavy atom. The number of hydrogen-bond acceptors (Lipinski definition) is 4. The molecule has 2 rings (SSSR count). The van der Waals surface area contributed by atoms with E-state index in [-0.39, 0.29) is 23.9 Å². The van der Waals surface area contributed by atoms with Gasteiger partial charge in [-0.1, -0.05) is 24.3 Å². The molecule has 0 atom stereocenters. The highest BCUT2D eigenvalue weighted by Crippen LogP contribution is 2.18. The maximum Gasteiger partial charge on any atom is 0.158 e. The highest BCUT2D eigenvalue weighted by molar-refractivity contribution is 7.89. The number of methoxy groups -OCH3 is 2. The second-order valence-corrected chi connectivity index (χ2v) is 6.79. The van der Waals surface area contributed by atoms with Crippen molar-refractivity contribution in [1.29, 1.82) is 0 Å². The molecule has 0 amide bonds. The monoisotopic (exact) mass is 342 g/mol. The van der Waals surface area contributed by atoms with Crippen LogP contribution >= 0.6 is 12.4 Å². The first-order valence-corrected chi connectivity index (χ1v) is 8.31. The van der Waals surface area contributed by atoms with E-state index in [0.717, 1.165) is 11.1 Å². The van der Waals surface area contributed by atoms with E-state index < -0.39 is 9.84 Å². The largest absolute Gasteiger partial charge is 0.497 e. The van der Waals surface area contributed by atoms with Gasteiger partial charge in [-0.15, -0.1) is 12.4 Å². The van der Waals surface area contributed by atoms with Gasteiger partial charge in [0, 0.05) is 0 Å². The second kappa shape index (κ2) is 8.06. The van der Waals surface area contributed by atoms with Crippen LogP contribution in [0.4, 0.5) is 0 Å². The average molecular weight is 343 g/mol. The summed E-state index contributed by atoms with van der Waals surface area (Å²) in [5.41, 5.74) is 1.51. The molecule has 0 spiro atoms. The molecule has 0 N–H and O–H groups in total. The van der Waals surface area contributed by atoms with Gasteiger partial charge in [0.05, 0.1) is 25.7 Å². The average Bonchev–Trinajstić information content (AvgIpc) is 2.48. The Balaban J connectivity index is 0.00000242. The Hall–Kier alpha value is -1.72. The van der Waals surface area contributed by atoms with Gasteiger partial charge < -0.3 is 9.47 Å². The van der Waals surface area contributed by atoms with Crippen LogP contribution in [0, 0.1) is 0 Å². The number of ether oxygens (including phenoxy) is 2. The molecule has 0 saturated carbocycles. The first-order chi connectivity index (χ1) is 10.0. The van der Waals surface area contributed by atoms with Crippen LogP contribution in [0.2, 0.25) is 0 Å². The van der Waals surface area contributed by atoms with Gasteiger partial charge in [0.2, 0.25) is 0 Å². The summed E-state index contributed by atoms with van der Waals surface area (Å²) < 4.78 is 34.5. The van der Waals surface area contributed by atoms with E-state index >= 15 is 0 Å². The van der Waals surface area contributed by atoms with E-state index in [0.29, 0.717) is 11.5 Å². The molecule has 0 aliphatic heterocycles. The summed E-state index contributed by atoms with van der Waals surface area (Å²) in [6.07, 6.45) is 0. The van der Waals surface area contributed by atoms with Crippen molar-refractivity contribution < 1.29 is 17.9 Å². The zero-order chi connectivity index (χ0) is 15.3. The fourth-order valence-corrected chi connectivity index (χ4v) is 3.51. The maximum absolute atomic E-state index is 12.2. The maximum atomic E-state index is 12.2. The Bertz CT molecular complexity index is 624.